The molecule has 9 nitrogen and oxygen atoms in total. The Kier molecular flexibility index (Phi) is 7.84. The molecule has 0 saturated heterocycles. The highest BCUT2D eigenvalue weighted by atomic mass is 16.3. The molecule has 0 radical (unpaired) electrons. The maximum atomic E-state index is 13.2. The Bertz CT molecular complexity index is 1600. The van der Waals surface area contributed by atoms with Crippen LogP contribution in [0.25, 0.3) is 10.9 Å². The summed E-state index contributed by atoms with van der Waals surface area (Å²) in [6.07, 6.45) is 3.93. The van der Waals surface area contributed by atoms with Gasteiger partial charge in [0.25, 0.3) is 0 Å². The van der Waals surface area contributed by atoms with Gasteiger partial charge in [0, 0.05) is 29.9 Å². The summed E-state index contributed by atoms with van der Waals surface area (Å²) in [5.41, 5.74) is 9.72. The number of fused-ring (bicyclic) bond motifs is 1. The second-order valence-corrected chi connectivity index (χ2v) is 10.6. The zero-order valence-corrected chi connectivity index (χ0v) is 22.7. The van der Waals surface area contributed by atoms with Crippen LogP contribution in [0.1, 0.15) is 48.2 Å². The lowest BCUT2D eigenvalue weighted by Gasteiger charge is -2.25. The van der Waals surface area contributed by atoms with E-state index in [9.17, 15) is 9.70 Å². The van der Waals surface area contributed by atoms with Gasteiger partial charge >= 0.3 is 0 Å². The van der Waals surface area contributed by atoms with Crippen LogP contribution in [0.3, 0.4) is 0 Å². The SMILES string of the molecule is CC(C)(N)C(=O)N[C@H](Cc1c[nH]c2ccccc12)c1nnc(CCc2ccccc2)n1Cc1ccc(N=O)cc1. The molecule has 3 aromatic carbocycles. The van der Waals surface area contributed by atoms with E-state index >= 15 is 0 Å². The van der Waals surface area contributed by atoms with Gasteiger partial charge in [-0.25, -0.2) is 0 Å². The largest absolute Gasteiger partial charge is 0.361 e. The van der Waals surface area contributed by atoms with Gasteiger partial charge in [-0.05, 0) is 60.3 Å². The number of rotatable bonds is 11. The third-order valence-electron chi connectivity index (χ3n) is 7.02. The second kappa shape index (κ2) is 11.6. The summed E-state index contributed by atoms with van der Waals surface area (Å²) in [5.74, 6) is 1.17. The van der Waals surface area contributed by atoms with Crippen LogP contribution >= 0.6 is 0 Å². The third-order valence-corrected chi connectivity index (χ3v) is 7.02. The normalized spacial score (nSPS) is 12.4. The number of carbonyl (C=O) groups is 1. The van der Waals surface area contributed by atoms with Gasteiger partial charge in [0.1, 0.15) is 11.5 Å². The molecule has 204 valence electrons. The maximum Gasteiger partial charge on any atom is 0.240 e. The Hall–Kier alpha value is -4.63. The first-order valence-corrected chi connectivity index (χ1v) is 13.3. The number of nitrogens with zero attached hydrogens (tertiary/aromatic N) is 4. The molecule has 0 aliphatic heterocycles. The smallest absolute Gasteiger partial charge is 0.240 e. The van der Waals surface area contributed by atoms with E-state index < -0.39 is 11.6 Å². The van der Waals surface area contributed by atoms with Crippen LogP contribution in [0.15, 0.2) is 90.2 Å². The van der Waals surface area contributed by atoms with Crippen molar-refractivity contribution in [2.24, 2.45) is 10.9 Å². The van der Waals surface area contributed by atoms with Crippen LogP contribution in [0.5, 0.6) is 0 Å². The van der Waals surface area contributed by atoms with E-state index in [0.29, 0.717) is 30.9 Å². The summed E-state index contributed by atoms with van der Waals surface area (Å²) in [4.78, 5) is 27.4. The van der Waals surface area contributed by atoms with Crippen molar-refractivity contribution in [3.05, 3.63) is 118 Å². The minimum absolute atomic E-state index is 0.279. The molecule has 5 aromatic rings. The van der Waals surface area contributed by atoms with Crippen LogP contribution in [-0.2, 0) is 30.6 Å². The van der Waals surface area contributed by atoms with Gasteiger partial charge in [-0.15, -0.1) is 15.1 Å². The molecule has 4 N–H and O–H groups in total. The molecule has 0 aliphatic rings. The minimum atomic E-state index is -1.07. The van der Waals surface area contributed by atoms with Crippen molar-refractivity contribution in [3.63, 3.8) is 0 Å². The van der Waals surface area contributed by atoms with Gasteiger partial charge in [-0.1, -0.05) is 60.7 Å². The number of para-hydroxylation sites is 1. The van der Waals surface area contributed by atoms with Gasteiger partial charge in [-0.3, -0.25) is 4.79 Å². The molecule has 0 saturated carbocycles. The topological polar surface area (TPSA) is 131 Å². The molecule has 2 heterocycles. The molecule has 0 unspecified atom stereocenters. The molecule has 5 rings (SSSR count). The number of hydrogen-bond donors (Lipinski definition) is 3. The lowest BCUT2D eigenvalue weighted by Crippen LogP contribution is -2.50. The quantitative estimate of drug-likeness (QED) is 0.202. The standard InChI is InChI=1S/C31H33N7O2/c1-31(2,32)30(39)34-27(18-23-19-33-26-11-7-6-10-25(23)26)29-36-35-28(17-14-21-8-4-3-5-9-21)38(29)20-22-12-15-24(37-40)16-13-22/h3-13,15-16,19,27,33H,14,17-18,20,32H2,1-2H3,(H,34,39)/t27-/m1/s1. The van der Waals surface area contributed by atoms with Crippen LogP contribution in [-0.4, -0.2) is 31.2 Å². The maximum absolute atomic E-state index is 13.2. The predicted octanol–water partition coefficient (Wildman–Crippen LogP) is 5.13. The first kappa shape index (κ1) is 27.0. The van der Waals surface area contributed by atoms with Crippen molar-refractivity contribution in [1.82, 2.24) is 25.1 Å². The predicted molar refractivity (Wildman–Crippen MR) is 156 cm³/mol. The van der Waals surface area contributed by atoms with Crippen LogP contribution in [0.2, 0.25) is 0 Å². The van der Waals surface area contributed by atoms with Gasteiger partial charge in [0.05, 0.1) is 18.1 Å². The highest BCUT2D eigenvalue weighted by Crippen LogP contribution is 2.26. The van der Waals surface area contributed by atoms with Gasteiger partial charge < -0.3 is 20.6 Å². The molecular formula is C31H33N7O2. The monoisotopic (exact) mass is 535 g/mol. The summed E-state index contributed by atoms with van der Waals surface area (Å²) in [5, 5.41) is 16.5. The number of nitroso groups, excluding NO2 is 1. The van der Waals surface area contributed by atoms with E-state index in [1.165, 1.54) is 5.56 Å². The number of aryl methyl sites for hydroxylation is 2. The first-order chi connectivity index (χ1) is 19.3. The third kappa shape index (κ3) is 6.16. The Balaban J connectivity index is 1.54. The molecule has 9 heteroatoms. The van der Waals surface area contributed by atoms with E-state index in [1.54, 1.807) is 26.0 Å². The number of nitrogens with one attached hydrogen (secondary N) is 2. The molecule has 0 bridgehead atoms. The number of aromatic nitrogens is 4. The molecule has 0 aliphatic carbocycles. The van der Waals surface area contributed by atoms with E-state index in [2.05, 4.69) is 48.4 Å². The van der Waals surface area contributed by atoms with E-state index in [0.717, 1.165) is 34.3 Å². The molecule has 0 fully saturated rings. The molecule has 2 aromatic heterocycles. The zero-order valence-electron chi connectivity index (χ0n) is 22.7. The van der Waals surface area contributed by atoms with E-state index in [4.69, 9.17) is 5.73 Å². The fraction of sp³-hybridized carbons (Fsp3) is 0.258. The highest BCUT2D eigenvalue weighted by Gasteiger charge is 2.29. The van der Waals surface area contributed by atoms with Crippen LogP contribution in [0.4, 0.5) is 5.69 Å². The minimum Gasteiger partial charge on any atom is -0.361 e. The molecule has 40 heavy (non-hydrogen) atoms. The molecule has 1 atom stereocenters. The number of H-pyrrole nitrogens is 1. The molecule has 1 amide bonds. The lowest BCUT2D eigenvalue weighted by atomic mass is 10.0. The Morgan fingerprint density at radius 2 is 1.70 bits per heavy atom. The van der Waals surface area contributed by atoms with Crippen molar-refractivity contribution < 1.29 is 4.79 Å². The number of amides is 1. The van der Waals surface area contributed by atoms with E-state index in [-0.39, 0.29) is 5.91 Å². The fourth-order valence-corrected chi connectivity index (χ4v) is 4.78. The number of benzene rings is 3. The van der Waals surface area contributed by atoms with Gasteiger partial charge in [0.2, 0.25) is 5.91 Å². The van der Waals surface area contributed by atoms with Crippen molar-refractivity contribution in [1.29, 1.82) is 0 Å². The van der Waals surface area contributed by atoms with Crippen LogP contribution < -0.4 is 11.1 Å². The summed E-state index contributed by atoms with van der Waals surface area (Å²) in [6, 6.07) is 25.0. The van der Waals surface area contributed by atoms with Gasteiger partial charge in [0.15, 0.2) is 5.82 Å². The van der Waals surface area contributed by atoms with Crippen molar-refractivity contribution in [2.75, 3.05) is 0 Å². The molecule has 0 spiro atoms. The number of hydrogen-bond acceptors (Lipinski definition) is 6. The molecular weight excluding hydrogens is 502 g/mol. The average molecular weight is 536 g/mol. The highest BCUT2D eigenvalue weighted by molar-refractivity contribution is 5.86. The number of aromatic amines is 1. The fourth-order valence-electron chi connectivity index (χ4n) is 4.78. The lowest BCUT2D eigenvalue weighted by molar-refractivity contribution is -0.126. The Morgan fingerprint density at radius 1 is 0.975 bits per heavy atom. The summed E-state index contributed by atoms with van der Waals surface area (Å²) < 4.78 is 2.07. The summed E-state index contributed by atoms with van der Waals surface area (Å²) >= 11 is 0. The van der Waals surface area contributed by atoms with Crippen LogP contribution in [0, 0.1) is 4.91 Å². The van der Waals surface area contributed by atoms with Crippen molar-refractivity contribution >= 4 is 22.5 Å². The average Bonchev–Trinajstić information content (AvgIpc) is 3.56. The zero-order chi connectivity index (χ0) is 28.1. The summed E-state index contributed by atoms with van der Waals surface area (Å²) in [7, 11) is 0. The number of nitrogens with two attached hydrogens (primary N) is 1. The Labute approximate surface area is 232 Å². The number of carbonyl (C=O) groups excluding carboxylic acids is 1. The van der Waals surface area contributed by atoms with Gasteiger partial charge in [-0.2, -0.15) is 0 Å². The van der Waals surface area contributed by atoms with E-state index in [1.807, 2.05) is 54.7 Å². The first-order valence-electron chi connectivity index (χ1n) is 13.3. The van der Waals surface area contributed by atoms with Crippen molar-refractivity contribution in [2.45, 2.75) is 51.2 Å². The Morgan fingerprint density at radius 3 is 2.42 bits per heavy atom. The van der Waals surface area contributed by atoms with Crippen molar-refractivity contribution in [3.8, 4) is 0 Å². The summed E-state index contributed by atoms with van der Waals surface area (Å²) in [6.45, 7) is 3.84. The second-order valence-electron chi connectivity index (χ2n) is 10.6.